The number of amides is 1. The molecule has 0 saturated heterocycles. The zero-order valence-corrected chi connectivity index (χ0v) is 12.7. The molecule has 1 aromatic carbocycles. The second-order valence-corrected chi connectivity index (χ2v) is 4.92. The van der Waals surface area contributed by atoms with Crippen molar-refractivity contribution in [3.8, 4) is 5.75 Å². The molecule has 0 spiro atoms. The molecule has 1 aromatic rings. The van der Waals surface area contributed by atoms with Crippen molar-refractivity contribution in [1.29, 1.82) is 0 Å². The van der Waals surface area contributed by atoms with Crippen molar-refractivity contribution in [2.45, 2.75) is 13.0 Å². The maximum absolute atomic E-state index is 10.9. The van der Waals surface area contributed by atoms with Gasteiger partial charge in [0.15, 0.2) is 0 Å². The lowest BCUT2D eigenvalue weighted by molar-refractivity contribution is -0.114. The number of hydrogen-bond acceptors (Lipinski definition) is 6. The molecule has 1 atom stereocenters. The molecule has 0 aromatic heterocycles. The fourth-order valence-corrected chi connectivity index (χ4v) is 1.96. The number of aliphatic hydroxyl groups excluding tert-OH is 3. The molecule has 1 rings (SSSR count). The summed E-state index contributed by atoms with van der Waals surface area (Å²) >= 11 is 0. The SMILES string of the molecule is CC(=O)Nc1ccc(OCC(O)CN(CCO)CCO)cc1. The van der Waals surface area contributed by atoms with Gasteiger partial charge >= 0.3 is 0 Å². The van der Waals surface area contributed by atoms with Crippen LogP contribution in [0.15, 0.2) is 24.3 Å². The van der Waals surface area contributed by atoms with Crippen molar-refractivity contribution in [3.63, 3.8) is 0 Å². The highest BCUT2D eigenvalue weighted by Crippen LogP contribution is 2.15. The number of carbonyl (C=O) groups excluding carboxylic acids is 1. The first-order valence-electron chi connectivity index (χ1n) is 7.17. The van der Waals surface area contributed by atoms with Gasteiger partial charge in [0.05, 0.1) is 13.2 Å². The molecule has 0 saturated carbocycles. The van der Waals surface area contributed by atoms with Crippen LogP contribution in [0.25, 0.3) is 0 Å². The quantitative estimate of drug-likeness (QED) is 0.472. The fraction of sp³-hybridized carbons (Fsp3) is 0.533. The van der Waals surface area contributed by atoms with Crippen LogP contribution in [0.2, 0.25) is 0 Å². The van der Waals surface area contributed by atoms with Gasteiger partial charge < -0.3 is 25.4 Å². The number of carbonyl (C=O) groups is 1. The van der Waals surface area contributed by atoms with Crippen LogP contribution in [0.4, 0.5) is 5.69 Å². The lowest BCUT2D eigenvalue weighted by atomic mass is 10.3. The Balaban J connectivity index is 2.39. The average Bonchev–Trinajstić information content (AvgIpc) is 2.46. The van der Waals surface area contributed by atoms with E-state index in [-0.39, 0.29) is 25.7 Å². The number of aliphatic hydroxyl groups is 3. The molecule has 0 heterocycles. The van der Waals surface area contributed by atoms with E-state index in [0.717, 1.165) is 0 Å². The minimum atomic E-state index is -0.729. The van der Waals surface area contributed by atoms with Gasteiger partial charge in [-0.05, 0) is 24.3 Å². The van der Waals surface area contributed by atoms with Crippen LogP contribution in [0.3, 0.4) is 0 Å². The third-order valence-corrected chi connectivity index (χ3v) is 2.92. The van der Waals surface area contributed by atoms with Crippen LogP contribution in [0.5, 0.6) is 5.75 Å². The van der Waals surface area contributed by atoms with Crippen molar-refractivity contribution in [3.05, 3.63) is 24.3 Å². The first kappa shape index (κ1) is 18.4. The van der Waals surface area contributed by atoms with E-state index >= 15 is 0 Å². The Morgan fingerprint density at radius 1 is 1.23 bits per heavy atom. The third-order valence-electron chi connectivity index (χ3n) is 2.92. The number of hydrogen-bond donors (Lipinski definition) is 4. The summed E-state index contributed by atoms with van der Waals surface area (Å²) in [7, 11) is 0. The Kier molecular flexibility index (Phi) is 8.46. The monoisotopic (exact) mass is 312 g/mol. The summed E-state index contributed by atoms with van der Waals surface area (Å²) in [6, 6.07) is 6.84. The minimum absolute atomic E-state index is 0.0296. The van der Waals surface area contributed by atoms with Crippen LogP contribution >= 0.6 is 0 Å². The summed E-state index contributed by atoms with van der Waals surface area (Å²) in [4.78, 5) is 12.7. The first-order valence-corrected chi connectivity index (χ1v) is 7.17. The number of ether oxygens (including phenoxy) is 1. The Labute approximate surface area is 130 Å². The van der Waals surface area contributed by atoms with Crippen molar-refractivity contribution in [1.82, 2.24) is 4.90 Å². The third kappa shape index (κ3) is 7.37. The summed E-state index contributed by atoms with van der Waals surface area (Å²) in [5.74, 6) is 0.445. The summed E-state index contributed by atoms with van der Waals surface area (Å²) in [6.45, 7) is 2.58. The lowest BCUT2D eigenvalue weighted by Gasteiger charge is -2.23. The standard InChI is InChI=1S/C15H24N2O5/c1-12(20)16-13-2-4-15(5-3-13)22-11-14(21)10-17(6-8-18)7-9-19/h2-5,14,18-19,21H,6-11H2,1H3,(H,16,20). The molecule has 1 amide bonds. The van der Waals surface area contributed by atoms with Crippen LogP contribution in [0, 0.1) is 0 Å². The first-order chi connectivity index (χ1) is 10.5. The number of rotatable bonds is 10. The number of benzene rings is 1. The smallest absolute Gasteiger partial charge is 0.221 e. The predicted molar refractivity (Wildman–Crippen MR) is 82.9 cm³/mol. The fourth-order valence-electron chi connectivity index (χ4n) is 1.96. The molecule has 124 valence electrons. The zero-order chi connectivity index (χ0) is 16.4. The molecule has 0 radical (unpaired) electrons. The van der Waals surface area contributed by atoms with Crippen LogP contribution in [-0.4, -0.2) is 71.7 Å². The maximum atomic E-state index is 10.9. The molecule has 7 heteroatoms. The zero-order valence-electron chi connectivity index (χ0n) is 12.7. The van der Waals surface area contributed by atoms with Crippen molar-refractivity contribution >= 4 is 11.6 Å². The largest absolute Gasteiger partial charge is 0.491 e. The second-order valence-electron chi connectivity index (χ2n) is 4.92. The van der Waals surface area contributed by atoms with E-state index in [2.05, 4.69) is 5.32 Å². The van der Waals surface area contributed by atoms with Crippen molar-refractivity contribution < 1.29 is 24.9 Å². The predicted octanol–water partition coefficient (Wildman–Crippen LogP) is -0.329. The highest BCUT2D eigenvalue weighted by molar-refractivity contribution is 5.88. The van der Waals surface area contributed by atoms with E-state index in [0.29, 0.717) is 31.1 Å². The van der Waals surface area contributed by atoms with Gasteiger partial charge in [0.25, 0.3) is 0 Å². The number of anilines is 1. The summed E-state index contributed by atoms with van der Waals surface area (Å²) in [5.41, 5.74) is 0.678. The molecular weight excluding hydrogens is 288 g/mol. The Hall–Kier alpha value is -1.67. The minimum Gasteiger partial charge on any atom is -0.491 e. The highest BCUT2D eigenvalue weighted by Gasteiger charge is 2.12. The van der Waals surface area contributed by atoms with Gasteiger partial charge in [0.1, 0.15) is 18.5 Å². The number of nitrogens with one attached hydrogen (secondary N) is 1. The lowest BCUT2D eigenvalue weighted by Crippen LogP contribution is -2.38. The van der Waals surface area contributed by atoms with Gasteiger partial charge in [-0.1, -0.05) is 0 Å². The molecule has 22 heavy (non-hydrogen) atoms. The summed E-state index contributed by atoms with van der Waals surface area (Å²) in [5, 5.41) is 30.4. The highest BCUT2D eigenvalue weighted by atomic mass is 16.5. The van der Waals surface area contributed by atoms with E-state index in [1.54, 1.807) is 29.2 Å². The molecule has 0 fully saturated rings. The number of nitrogens with zero attached hydrogens (tertiary/aromatic N) is 1. The molecule has 0 aliphatic rings. The van der Waals surface area contributed by atoms with Gasteiger partial charge in [-0.15, -0.1) is 0 Å². The van der Waals surface area contributed by atoms with Crippen LogP contribution in [0.1, 0.15) is 6.92 Å². The second kappa shape index (κ2) is 10.1. The molecule has 7 nitrogen and oxygen atoms in total. The van der Waals surface area contributed by atoms with Gasteiger partial charge in [-0.3, -0.25) is 9.69 Å². The van der Waals surface area contributed by atoms with Gasteiger partial charge in [-0.25, -0.2) is 0 Å². The molecular formula is C15H24N2O5. The Morgan fingerprint density at radius 2 is 1.82 bits per heavy atom. The summed E-state index contributed by atoms with van der Waals surface area (Å²) < 4.78 is 5.47. The Morgan fingerprint density at radius 3 is 2.32 bits per heavy atom. The maximum Gasteiger partial charge on any atom is 0.221 e. The molecule has 4 N–H and O–H groups in total. The van der Waals surface area contributed by atoms with Gasteiger partial charge in [0, 0.05) is 32.2 Å². The summed E-state index contributed by atoms with van der Waals surface area (Å²) in [6.07, 6.45) is -0.729. The van der Waals surface area contributed by atoms with Crippen LogP contribution < -0.4 is 10.1 Å². The Bertz CT molecular complexity index is 432. The van der Waals surface area contributed by atoms with E-state index in [4.69, 9.17) is 14.9 Å². The molecule has 1 unspecified atom stereocenters. The van der Waals surface area contributed by atoms with E-state index in [1.807, 2.05) is 0 Å². The average molecular weight is 312 g/mol. The van der Waals surface area contributed by atoms with Crippen molar-refractivity contribution in [2.75, 3.05) is 44.8 Å². The van der Waals surface area contributed by atoms with Gasteiger partial charge in [0.2, 0.25) is 5.91 Å². The van der Waals surface area contributed by atoms with E-state index < -0.39 is 6.10 Å². The van der Waals surface area contributed by atoms with Crippen molar-refractivity contribution in [2.24, 2.45) is 0 Å². The van der Waals surface area contributed by atoms with E-state index in [1.165, 1.54) is 6.92 Å². The molecule has 0 aliphatic carbocycles. The topological polar surface area (TPSA) is 102 Å². The molecule has 0 bridgehead atoms. The normalized spacial score (nSPS) is 12.2. The van der Waals surface area contributed by atoms with Gasteiger partial charge in [-0.2, -0.15) is 0 Å². The van der Waals surface area contributed by atoms with Crippen LogP contribution in [-0.2, 0) is 4.79 Å². The molecule has 0 aliphatic heterocycles. The van der Waals surface area contributed by atoms with E-state index in [9.17, 15) is 9.90 Å².